The van der Waals surface area contributed by atoms with E-state index in [1.165, 1.54) is 12.8 Å². The zero-order valence-electron chi connectivity index (χ0n) is 11.3. The van der Waals surface area contributed by atoms with Crippen molar-refractivity contribution < 1.29 is 5.11 Å². The fourth-order valence-electron chi connectivity index (χ4n) is 2.10. The number of hydrogen-bond donors (Lipinski definition) is 1. The first kappa shape index (κ1) is 14.9. The molecule has 0 heterocycles. The first-order valence-corrected chi connectivity index (χ1v) is 6.37. The van der Waals surface area contributed by atoms with Crippen LogP contribution in [-0.2, 0) is 0 Å². The van der Waals surface area contributed by atoms with Crippen molar-refractivity contribution in [2.24, 2.45) is 5.92 Å². The second-order valence-electron chi connectivity index (χ2n) is 5.04. The van der Waals surface area contributed by atoms with E-state index in [-0.39, 0.29) is 12.1 Å². The lowest BCUT2D eigenvalue weighted by Gasteiger charge is -2.38. The minimum absolute atomic E-state index is 0.246. The third-order valence-electron chi connectivity index (χ3n) is 3.21. The Morgan fingerprint density at radius 2 is 1.47 bits per heavy atom. The molecular weight excluding hydrogens is 186 g/mol. The van der Waals surface area contributed by atoms with Gasteiger partial charge in [0.2, 0.25) is 0 Å². The predicted molar refractivity (Wildman–Crippen MR) is 67.1 cm³/mol. The van der Waals surface area contributed by atoms with Crippen molar-refractivity contribution in [2.45, 2.75) is 72.6 Å². The van der Waals surface area contributed by atoms with E-state index < -0.39 is 0 Å². The molecule has 0 saturated carbocycles. The molecule has 0 aromatic heterocycles. The molecule has 2 atom stereocenters. The summed E-state index contributed by atoms with van der Waals surface area (Å²) in [6.07, 6.45) is 2.09. The molecule has 0 amide bonds. The Hall–Kier alpha value is -0.0800. The zero-order chi connectivity index (χ0) is 12.0. The minimum Gasteiger partial charge on any atom is -0.392 e. The van der Waals surface area contributed by atoms with Crippen molar-refractivity contribution in [3.8, 4) is 0 Å². The smallest absolute Gasteiger partial charge is 0.0664 e. The molecule has 0 aromatic carbocycles. The molecule has 2 nitrogen and oxygen atoms in total. The highest BCUT2D eigenvalue weighted by Crippen LogP contribution is 2.17. The molecule has 0 spiro atoms. The van der Waals surface area contributed by atoms with Gasteiger partial charge < -0.3 is 5.11 Å². The van der Waals surface area contributed by atoms with Crippen LogP contribution >= 0.6 is 0 Å². The Balaban J connectivity index is 4.54. The van der Waals surface area contributed by atoms with E-state index in [9.17, 15) is 5.11 Å². The fourth-order valence-corrected chi connectivity index (χ4v) is 2.10. The molecule has 2 unspecified atom stereocenters. The van der Waals surface area contributed by atoms with Gasteiger partial charge >= 0.3 is 0 Å². The lowest BCUT2D eigenvalue weighted by Crippen LogP contribution is -2.47. The first-order valence-electron chi connectivity index (χ1n) is 6.37. The average molecular weight is 215 g/mol. The molecule has 0 fully saturated rings. The van der Waals surface area contributed by atoms with Crippen LogP contribution in [0.15, 0.2) is 0 Å². The van der Waals surface area contributed by atoms with E-state index in [2.05, 4.69) is 39.5 Å². The van der Waals surface area contributed by atoms with Crippen molar-refractivity contribution in [2.75, 3.05) is 6.54 Å². The third kappa shape index (κ3) is 4.98. The van der Waals surface area contributed by atoms with E-state index in [1.807, 2.05) is 6.92 Å². The molecule has 15 heavy (non-hydrogen) atoms. The molecular formula is C13H29NO. The second kappa shape index (κ2) is 7.24. The van der Waals surface area contributed by atoms with Crippen LogP contribution in [-0.4, -0.2) is 34.7 Å². The van der Waals surface area contributed by atoms with Gasteiger partial charge in [0.25, 0.3) is 0 Å². The molecule has 0 radical (unpaired) electrons. The quantitative estimate of drug-likeness (QED) is 0.706. The third-order valence-corrected chi connectivity index (χ3v) is 3.21. The maximum Gasteiger partial charge on any atom is 0.0664 e. The highest BCUT2D eigenvalue weighted by Gasteiger charge is 2.24. The highest BCUT2D eigenvalue weighted by atomic mass is 16.3. The molecule has 0 aromatic rings. The SMILES string of the molecule is CCC(CC)N(CC(C)C)C(C)C(C)O. The Morgan fingerprint density at radius 1 is 1.00 bits per heavy atom. The van der Waals surface area contributed by atoms with Gasteiger partial charge in [-0.15, -0.1) is 0 Å². The summed E-state index contributed by atoms with van der Waals surface area (Å²) in [6, 6.07) is 0.870. The highest BCUT2D eigenvalue weighted by molar-refractivity contribution is 4.79. The predicted octanol–water partition coefficient (Wildman–Crippen LogP) is 2.90. The summed E-state index contributed by atoms with van der Waals surface area (Å²) in [4.78, 5) is 2.47. The number of aliphatic hydroxyl groups excluding tert-OH is 1. The molecule has 0 aliphatic carbocycles. The van der Waals surface area contributed by atoms with Gasteiger partial charge in [0, 0.05) is 18.6 Å². The van der Waals surface area contributed by atoms with Crippen LogP contribution in [0.1, 0.15) is 54.4 Å². The van der Waals surface area contributed by atoms with Crippen LogP contribution in [0.3, 0.4) is 0 Å². The molecule has 92 valence electrons. The monoisotopic (exact) mass is 215 g/mol. The molecule has 0 rings (SSSR count). The van der Waals surface area contributed by atoms with Gasteiger partial charge in [0.15, 0.2) is 0 Å². The largest absolute Gasteiger partial charge is 0.392 e. The normalized spacial score (nSPS) is 16.4. The van der Waals surface area contributed by atoms with Crippen LogP contribution in [0.4, 0.5) is 0 Å². The molecule has 0 saturated heterocycles. The van der Waals surface area contributed by atoms with Crippen molar-refractivity contribution in [1.82, 2.24) is 4.90 Å². The van der Waals surface area contributed by atoms with E-state index in [1.54, 1.807) is 0 Å². The number of nitrogens with zero attached hydrogens (tertiary/aromatic N) is 1. The minimum atomic E-state index is -0.246. The van der Waals surface area contributed by atoms with Gasteiger partial charge in [-0.2, -0.15) is 0 Å². The Morgan fingerprint density at radius 3 is 1.73 bits per heavy atom. The molecule has 2 heteroatoms. The summed E-state index contributed by atoms with van der Waals surface area (Å²) in [6.45, 7) is 14.0. The van der Waals surface area contributed by atoms with Crippen LogP contribution in [0.2, 0.25) is 0 Å². The van der Waals surface area contributed by atoms with Crippen molar-refractivity contribution >= 4 is 0 Å². The van der Waals surface area contributed by atoms with Gasteiger partial charge in [0.1, 0.15) is 0 Å². The molecule has 0 aliphatic heterocycles. The Labute approximate surface area is 95.7 Å². The lowest BCUT2D eigenvalue weighted by molar-refractivity contribution is 0.0323. The Bertz CT molecular complexity index is 151. The summed E-state index contributed by atoms with van der Waals surface area (Å²) >= 11 is 0. The molecule has 0 aliphatic rings. The van der Waals surface area contributed by atoms with Gasteiger partial charge in [-0.1, -0.05) is 27.7 Å². The lowest BCUT2D eigenvalue weighted by atomic mass is 10.0. The van der Waals surface area contributed by atoms with Gasteiger partial charge in [-0.25, -0.2) is 0 Å². The van der Waals surface area contributed by atoms with Crippen molar-refractivity contribution in [3.63, 3.8) is 0 Å². The van der Waals surface area contributed by atoms with Crippen LogP contribution in [0.25, 0.3) is 0 Å². The summed E-state index contributed by atoms with van der Waals surface area (Å²) in [5.41, 5.74) is 0. The van der Waals surface area contributed by atoms with Crippen LogP contribution in [0.5, 0.6) is 0 Å². The maximum atomic E-state index is 9.70. The van der Waals surface area contributed by atoms with Crippen molar-refractivity contribution in [3.05, 3.63) is 0 Å². The van der Waals surface area contributed by atoms with Gasteiger partial charge in [0.05, 0.1) is 6.10 Å². The molecule has 1 N–H and O–H groups in total. The number of hydrogen-bond acceptors (Lipinski definition) is 2. The number of aliphatic hydroxyl groups is 1. The summed E-state index contributed by atoms with van der Waals surface area (Å²) in [5, 5.41) is 9.70. The average Bonchev–Trinajstić information content (AvgIpc) is 2.16. The van der Waals surface area contributed by atoms with E-state index >= 15 is 0 Å². The first-order chi connectivity index (χ1) is 6.93. The maximum absolute atomic E-state index is 9.70. The van der Waals surface area contributed by atoms with Gasteiger partial charge in [-0.05, 0) is 32.6 Å². The van der Waals surface area contributed by atoms with E-state index in [0.717, 1.165) is 6.54 Å². The van der Waals surface area contributed by atoms with E-state index in [0.29, 0.717) is 12.0 Å². The van der Waals surface area contributed by atoms with E-state index in [4.69, 9.17) is 0 Å². The molecule has 0 bridgehead atoms. The topological polar surface area (TPSA) is 23.5 Å². The summed E-state index contributed by atoms with van der Waals surface area (Å²) in [7, 11) is 0. The van der Waals surface area contributed by atoms with Crippen molar-refractivity contribution in [1.29, 1.82) is 0 Å². The fraction of sp³-hybridized carbons (Fsp3) is 1.00. The summed E-state index contributed by atoms with van der Waals surface area (Å²) < 4.78 is 0. The second-order valence-corrected chi connectivity index (χ2v) is 5.04. The summed E-state index contributed by atoms with van der Waals surface area (Å²) in [5.74, 6) is 0.659. The number of rotatable bonds is 7. The zero-order valence-corrected chi connectivity index (χ0v) is 11.3. The van der Waals surface area contributed by atoms with Crippen LogP contribution < -0.4 is 0 Å². The Kier molecular flexibility index (Phi) is 7.20. The van der Waals surface area contributed by atoms with Crippen LogP contribution in [0, 0.1) is 5.92 Å². The van der Waals surface area contributed by atoms with Gasteiger partial charge in [-0.3, -0.25) is 4.90 Å². The standard InChI is InChI=1S/C13H29NO/c1-7-13(8-2)14(9-10(3)4)11(5)12(6)15/h10-13,15H,7-9H2,1-6H3.